The highest BCUT2D eigenvalue weighted by atomic mass is 16.6. The molecule has 0 unspecified atom stereocenters. The number of carboxylic acid groups (broad SMARTS) is 1. The van der Waals surface area contributed by atoms with Crippen LogP contribution in [0.5, 0.6) is 0 Å². The van der Waals surface area contributed by atoms with Crippen molar-refractivity contribution in [3.8, 4) is 0 Å². The number of ether oxygens (including phenoxy) is 1. The summed E-state index contributed by atoms with van der Waals surface area (Å²) in [5.41, 5.74) is 0. The molecule has 2 atom stereocenters. The van der Waals surface area contributed by atoms with E-state index in [1.165, 1.54) is 18.9 Å². The molecule has 0 radical (unpaired) electrons. The van der Waals surface area contributed by atoms with E-state index in [0.717, 1.165) is 0 Å². The molecule has 0 saturated carbocycles. The molecule has 0 saturated heterocycles. The molecular weight excluding hydrogens is 250 g/mol. The highest BCUT2D eigenvalue weighted by Crippen LogP contribution is 2.11. The van der Waals surface area contributed by atoms with Gasteiger partial charge >= 0.3 is 11.9 Å². The Kier molecular flexibility index (Phi) is 7.11. The van der Waals surface area contributed by atoms with Gasteiger partial charge in [0.1, 0.15) is 6.04 Å². The lowest BCUT2D eigenvalue weighted by Crippen LogP contribution is -2.44. The topological polar surface area (TPSA) is 83.9 Å². The molecular formula is C13H23NO5. The molecule has 0 heterocycles. The van der Waals surface area contributed by atoms with Crippen LogP contribution in [0.3, 0.4) is 0 Å². The molecule has 0 bridgehead atoms. The average molecular weight is 273 g/mol. The minimum atomic E-state index is -1.19. The zero-order valence-corrected chi connectivity index (χ0v) is 12.2. The third-order valence-electron chi connectivity index (χ3n) is 2.87. The maximum absolute atomic E-state index is 11.8. The predicted octanol–water partition coefficient (Wildman–Crippen LogP) is 1.29. The van der Waals surface area contributed by atoms with Crippen LogP contribution >= 0.6 is 0 Å². The summed E-state index contributed by atoms with van der Waals surface area (Å²) >= 11 is 0. The number of aliphatic carboxylic acids is 1. The lowest BCUT2D eigenvalue weighted by molar-refractivity contribution is -0.171. The number of carbonyl (C=O) groups is 3. The van der Waals surface area contributed by atoms with E-state index in [1.54, 1.807) is 13.8 Å². The lowest BCUT2D eigenvalue weighted by Gasteiger charge is -2.25. The number of rotatable bonds is 7. The summed E-state index contributed by atoms with van der Waals surface area (Å²) in [6.45, 7) is 6.70. The SMILES string of the molecule is CCCC(=O)N(C)[C@@H](C)C(=O)O[C@H](C(=O)O)C(C)C. The number of carboxylic acids is 1. The van der Waals surface area contributed by atoms with Gasteiger partial charge in [0.05, 0.1) is 0 Å². The van der Waals surface area contributed by atoms with Crippen molar-refractivity contribution in [1.82, 2.24) is 4.90 Å². The van der Waals surface area contributed by atoms with Gasteiger partial charge in [-0.2, -0.15) is 0 Å². The van der Waals surface area contributed by atoms with Crippen molar-refractivity contribution in [1.29, 1.82) is 0 Å². The van der Waals surface area contributed by atoms with E-state index < -0.39 is 24.1 Å². The van der Waals surface area contributed by atoms with Crippen molar-refractivity contribution >= 4 is 17.8 Å². The van der Waals surface area contributed by atoms with Gasteiger partial charge in [-0.05, 0) is 13.3 Å². The van der Waals surface area contributed by atoms with Crippen molar-refractivity contribution in [2.75, 3.05) is 7.05 Å². The average Bonchev–Trinajstić information content (AvgIpc) is 2.33. The molecule has 6 heteroatoms. The molecule has 110 valence electrons. The Labute approximate surface area is 113 Å². The van der Waals surface area contributed by atoms with Crippen LogP contribution in [0.15, 0.2) is 0 Å². The third-order valence-corrected chi connectivity index (χ3v) is 2.87. The van der Waals surface area contributed by atoms with Crippen LogP contribution in [0, 0.1) is 5.92 Å². The first-order valence-electron chi connectivity index (χ1n) is 6.41. The minimum absolute atomic E-state index is 0.164. The molecule has 0 aromatic carbocycles. The molecule has 6 nitrogen and oxygen atoms in total. The molecule has 0 fully saturated rings. The fourth-order valence-electron chi connectivity index (χ4n) is 1.46. The van der Waals surface area contributed by atoms with Gasteiger partial charge in [0.2, 0.25) is 12.0 Å². The number of carbonyl (C=O) groups excluding carboxylic acids is 2. The summed E-state index contributed by atoms with van der Waals surface area (Å²) in [6, 6.07) is -0.792. The van der Waals surface area contributed by atoms with Gasteiger partial charge in [-0.25, -0.2) is 9.59 Å². The molecule has 0 aliphatic rings. The Balaban J connectivity index is 4.64. The van der Waals surface area contributed by atoms with E-state index in [2.05, 4.69) is 0 Å². The van der Waals surface area contributed by atoms with Crippen molar-refractivity contribution in [2.45, 2.75) is 52.7 Å². The molecule has 0 rings (SSSR count). The van der Waals surface area contributed by atoms with Crippen LogP contribution in [0.2, 0.25) is 0 Å². The monoisotopic (exact) mass is 273 g/mol. The van der Waals surface area contributed by atoms with E-state index in [9.17, 15) is 14.4 Å². The fourth-order valence-corrected chi connectivity index (χ4v) is 1.46. The largest absolute Gasteiger partial charge is 0.478 e. The van der Waals surface area contributed by atoms with Crippen molar-refractivity contribution in [3.63, 3.8) is 0 Å². The standard InChI is InChI=1S/C13H23NO5/c1-6-7-10(15)14(5)9(4)13(18)19-11(8(2)3)12(16)17/h8-9,11H,6-7H2,1-5H3,(H,16,17)/t9-,11-/m0/s1. The maximum atomic E-state index is 11.8. The molecule has 0 aromatic rings. The first-order chi connectivity index (χ1) is 8.72. The second-order valence-corrected chi connectivity index (χ2v) is 4.87. The Morgan fingerprint density at radius 3 is 2.11 bits per heavy atom. The molecule has 0 aliphatic carbocycles. The highest BCUT2D eigenvalue weighted by Gasteiger charge is 2.30. The quantitative estimate of drug-likeness (QED) is 0.706. The smallest absolute Gasteiger partial charge is 0.345 e. The second kappa shape index (κ2) is 7.76. The number of hydrogen-bond donors (Lipinski definition) is 1. The fraction of sp³-hybridized carbons (Fsp3) is 0.769. The first kappa shape index (κ1) is 17.4. The van der Waals surface area contributed by atoms with E-state index in [4.69, 9.17) is 9.84 Å². The lowest BCUT2D eigenvalue weighted by atomic mass is 10.1. The molecule has 1 N–H and O–H groups in total. The summed E-state index contributed by atoms with van der Waals surface area (Å²) < 4.78 is 4.95. The van der Waals surface area contributed by atoms with Crippen LogP contribution in [0.25, 0.3) is 0 Å². The summed E-state index contributed by atoms with van der Waals surface area (Å²) in [5.74, 6) is -2.38. The minimum Gasteiger partial charge on any atom is -0.478 e. The van der Waals surface area contributed by atoms with E-state index in [-0.39, 0.29) is 11.8 Å². The van der Waals surface area contributed by atoms with Gasteiger partial charge in [0.25, 0.3) is 0 Å². The van der Waals surface area contributed by atoms with Gasteiger partial charge in [0.15, 0.2) is 0 Å². The number of esters is 1. The molecule has 0 spiro atoms. The van der Waals surface area contributed by atoms with Gasteiger partial charge in [-0.3, -0.25) is 4.79 Å². The second-order valence-electron chi connectivity index (χ2n) is 4.87. The van der Waals surface area contributed by atoms with Gasteiger partial charge in [0, 0.05) is 19.4 Å². The normalized spacial score (nSPS) is 13.8. The molecule has 19 heavy (non-hydrogen) atoms. The van der Waals surface area contributed by atoms with Crippen LogP contribution in [-0.2, 0) is 19.1 Å². The Bertz CT molecular complexity index is 340. The third kappa shape index (κ3) is 5.28. The molecule has 1 amide bonds. The van der Waals surface area contributed by atoms with Crippen LogP contribution in [0.1, 0.15) is 40.5 Å². The zero-order chi connectivity index (χ0) is 15.2. The van der Waals surface area contributed by atoms with Gasteiger partial charge in [-0.15, -0.1) is 0 Å². The van der Waals surface area contributed by atoms with Crippen molar-refractivity contribution in [3.05, 3.63) is 0 Å². The van der Waals surface area contributed by atoms with Gasteiger partial charge < -0.3 is 14.7 Å². The summed E-state index contributed by atoms with van der Waals surface area (Å²) in [6.07, 6.45) is -0.153. The Morgan fingerprint density at radius 2 is 1.74 bits per heavy atom. The molecule has 0 aromatic heterocycles. The van der Waals surface area contributed by atoms with E-state index >= 15 is 0 Å². The molecule has 0 aliphatic heterocycles. The Hall–Kier alpha value is -1.59. The number of likely N-dealkylation sites (N-methyl/N-ethyl adjacent to an activating group) is 1. The Morgan fingerprint density at radius 1 is 1.21 bits per heavy atom. The number of amides is 1. The van der Waals surface area contributed by atoms with Crippen molar-refractivity contribution in [2.24, 2.45) is 5.92 Å². The van der Waals surface area contributed by atoms with Crippen LogP contribution in [0.4, 0.5) is 0 Å². The first-order valence-corrected chi connectivity index (χ1v) is 6.41. The summed E-state index contributed by atoms with van der Waals surface area (Å²) in [7, 11) is 1.51. The number of nitrogens with zero attached hydrogens (tertiary/aromatic N) is 1. The zero-order valence-electron chi connectivity index (χ0n) is 12.2. The maximum Gasteiger partial charge on any atom is 0.345 e. The van der Waals surface area contributed by atoms with Crippen LogP contribution in [-0.4, -0.2) is 47.0 Å². The highest BCUT2D eigenvalue weighted by molar-refractivity contribution is 5.85. The van der Waals surface area contributed by atoms with Crippen LogP contribution < -0.4 is 0 Å². The van der Waals surface area contributed by atoms with Crippen molar-refractivity contribution < 1.29 is 24.2 Å². The van der Waals surface area contributed by atoms with Gasteiger partial charge in [-0.1, -0.05) is 20.8 Å². The predicted molar refractivity (Wildman–Crippen MR) is 69.5 cm³/mol. The van der Waals surface area contributed by atoms with E-state index in [1.807, 2.05) is 6.92 Å². The number of hydrogen-bond acceptors (Lipinski definition) is 4. The summed E-state index contributed by atoms with van der Waals surface area (Å²) in [5, 5.41) is 8.95. The summed E-state index contributed by atoms with van der Waals surface area (Å²) in [4.78, 5) is 35.7. The van der Waals surface area contributed by atoms with E-state index in [0.29, 0.717) is 12.8 Å².